The molecular weight excluding hydrogens is 192 g/mol. The first kappa shape index (κ1) is 10.9. The number of aryl methyl sites for hydroxylation is 1. The van der Waals surface area contributed by atoms with Crippen molar-refractivity contribution in [2.24, 2.45) is 0 Å². The fraction of sp³-hybridized carbons (Fsp3) is 0.273. The van der Waals surface area contributed by atoms with Gasteiger partial charge in [-0.05, 0) is 19.1 Å². The van der Waals surface area contributed by atoms with E-state index in [-0.39, 0.29) is 0 Å². The number of thiophene rings is 1. The van der Waals surface area contributed by atoms with Crippen LogP contribution in [0.3, 0.4) is 0 Å². The van der Waals surface area contributed by atoms with E-state index in [9.17, 15) is 0 Å². The molecule has 0 aliphatic carbocycles. The van der Waals surface area contributed by atoms with E-state index < -0.39 is 0 Å². The molecule has 0 saturated heterocycles. The number of hydrogen-bond acceptors (Lipinski definition) is 3. The highest BCUT2D eigenvalue weighted by atomic mass is 32.1. The van der Waals surface area contributed by atoms with Crippen LogP contribution in [0.1, 0.15) is 18.7 Å². The van der Waals surface area contributed by atoms with Gasteiger partial charge in [0.2, 0.25) is 0 Å². The van der Waals surface area contributed by atoms with Crippen molar-refractivity contribution in [1.82, 2.24) is 9.97 Å². The van der Waals surface area contributed by atoms with Gasteiger partial charge >= 0.3 is 0 Å². The second kappa shape index (κ2) is 5.50. The van der Waals surface area contributed by atoms with Crippen molar-refractivity contribution in [3.05, 3.63) is 35.6 Å². The normalized spacial score (nSPS) is 9.07. The molecule has 2 heterocycles. The Morgan fingerprint density at radius 1 is 1.14 bits per heavy atom. The van der Waals surface area contributed by atoms with Crippen molar-refractivity contribution in [3.63, 3.8) is 0 Å². The maximum atomic E-state index is 4.21. The second-order valence-electron chi connectivity index (χ2n) is 2.50. The lowest BCUT2D eigenvalue weighted by atomic mass is 10.3. The van der Waals surface area contributed by atoms with Crippen molar-refractivity contribution in [1.29, 1.82) is 0 Å². The summed E-state index contributed by atoms with van der Waals surface area (Å²) in [7, 11) is 0. The van der Waals surface area contributed by atoms with Crippen LogP contribution in [-0.4, -0.2) is 9.97 Å². The Morgan fingerprint density at radius 3 is 2.43 bits per heavy atom. The molecule has 0 spiro atoms. The molecule has 2 aromatic rings. The summed E-state index contributed by atoms with van der Waals surface area (Å²) in [6.45, 7) is 6.09. The van der Waals surface area contributed by atoms with Crippen LogP contribution in [0, 0.1) is 6.92 Å². The van der Waals surface area contributed by atoms with Crippen molar-refractivity contribution in [2.75, 3.05) is 0 Å². The Kier molecular flexibility index (Phi) is 4.26. The largest absolute Gasteiger partial charge is 0.261 e. The van der Waals surface area contributed by atoms with Gasteiger partial charge in [0.15, 0.2) is 0 Å². The van der Waals surface area contributed by atoms with Gasteiger partial charge in [-0.25, -0.2) is 0 Å². The van der Waals surface area contributed by atoms with Gasteiger partial charge in [-0.2, -0.15) is 0 Å². The van der Waals surface area contributed by atoms with Gasteiger partial charge in [-0.1, -0.05) is 13.8 Å². The summed E-state index contributed by atoms with van der Waals surface area (Å²) in [4.78, 5) is 10.7. The molecule has 0 saturated carbocycles. The minimum Gasteiger partial charge on any atom is -0.261 e. The maximum Gasteiger partial charge on any atom is 0.0984 e. The molecule has 0 aliphatic heterocycles. The van der Waals surface area contributed by atoms with E-state index in [4.69, 9.17) is 0 Å². The van der Waals surface area contributed by atoms with Gasteiger partial charge in [-0.15, -0.1) is 11.3 Å². The highest BCUT2D eigenvalue weighted by Crippen LogP contribution is 2.24. The summed E-state index contributed by atoms with van der Waals surface area (Å²) in [6.07, 6.45) is 5.18. The summed E-state index contributed by atoms with van der Waals surface area (Å²) in [5.41, 5.74) is 0.954. The first-order chi connectivity index (χ1) is 6.86. The zero-order valence-corrected chi connectivity index (χ0v) is 9.51. The number of rotatable bonds is 1. The SMILES string of the molecule is CC.Cc1ccc(-c2cnccn2)s1. The van der Waals surface area contributed by atoms with E-state index in [0.717, 1.165) is 5.69 Å². The highest BCUT2D eigenvalue weighted by molar-refractivity contribution is 7.15. The van der Waals surface area contributed by atoms with Crippen LogP contribution in [0.2, 0.25) is 0 Å². The summed E-state index contributed by atoms with van der Waals surface area (Å²) >= 11 is 1.74. The van der Waals surface area contributed by atoms with Gasteiger partial charge in [0.1, 0.15) is 0 Å². The summed E-state index contributed by atoms with van der Waals surface area (Å²) < 4.78 is 0. The van der Waals surface area contributed by atoms with E-state index in [1.54, 1.807) is 29.9 Å². The molecule has 2 nitrogen and oxygen atoms in total. The molecule has 0 fully saturated rings. The van der Waals surface area contributed by atoms with E-state index in [1.807, 2.05) is 13.8 Å². The van der Waals surface area contributed by atoms with E-state index in [0.29, 0.717) is 0 Å². The average Bonchev–Trinajstić information content (AvgIpc) is 2.69. The lowest BCUT2D eigenvalue weighted by molar-refractivity contribution is 1.21. The molecule has 0 aliphatic rings. The van der Waals surface area contributed by atoms with Gasteiger partial charge in [0, 0.05) is 17.3 Å². The third-order valence-corrected chi connectivity index (χ3v) is 2.58. The van der Waals surface area contributed by atoms with Crippen LogP contribution in [0.5, 0.6) is 0 Å². The minimum atomic E-state index is 0.954. The van der Waals surface area contributed by atoms with Gasteiger partial charge in [0.05, 0.1) is 16.8 Å². The highest BCUT2D eigenvalue weighted by Gasteiger charge is 1.99. The predicted molar refractivity (Wildman–Crippen MR) is 61.4 cm³/mol. The monoisotopic (exact) mass is 206 g/mol. The summed E-state index contributed by atoms with van der Waals surface area (Å²) in [5, 5.41) is 0. The Bertz CT molecular complexity index is 368. The van der Waals surface area contributed by atoms with Crippen LogP contribution < -0.4 is 0 Å². The fourth-order valence-corrected chi connectivity index (χ4v) is 1.83. The minimum absolute atomic E-state index is 0.954. The van der Waals surface area contributed by atoms with E-state index in [1.165, 1.54) is 9.75 Å². The standard InChI is InChI=1S/C9H8N2S.C2H6/c1-7-2-3-9(12-7)8-6-10-4-5-11-8;1-2/h2-6H,1H3;1-2H3. The quantitative estimate of drug-likeness (QED) is 0.713. The Labute approximate surface area is 88.7 Å². The van der Waals surface area contributed by atoms with Crippen LogP contribution in [-0.2, 0) is 0 Å². The van der Waals surface area contributed by atoms with E-state index in [2.05, 4.69) is 29.0 Å². The van der Waals surface area contributed by atoms with Gasteiger partial charge in [-0.3, -0.25) is 9.97 Å². The van der Waals surface area contributed by atoms with Crippen molar-refractivity contribution in [2.45, 2.75) is 20.8 Å². The molecule has 0 radical (unpaired) electrons. The molecular formula is C11H14N2S. The number of nitrogens with zero attached hydrogens (tertiary/aromatic N) is 2. The molecule has 3 heteroatoms. The lowest BCUT2D eigenvalue weighted by Gasteiger charge is -1.91. The Balaban J connectivity index is 0.000000461. The molecule has 2 aromatic heterocycles. The molecule has 0 aromatic carbocycles. The van der Waals surface area contributed by atoms with Crippen molar-refractivity contribution >= 4 is 11.3 Å². The topological polar surface area (TPSA) is 25.8 Å². The van der Waals surface area contributed by atoms with Crippen molar-refractivity contribution < 1.29 is 0 Å². The molecule has 0 atom stereocenters. The maximum absolute atomic E-state index is 4.21. The first-order valence-corrected chi connectivity index (χ1v) is 5.51. The second-order valence-corrected chi connectivity index (χ2v) is 3.79. The Morgan fingerprint density at radius 2 is 1.93 bits per heavy atom. The lowest BCUT2D eigenvalue weighted by Crippen LogP contribution is -1.79. The smallest absolute Gasteiger partial charge is 0.0984 e. The summed E-state index contributed by atoms with van der Waals surface area (Å²) in [5.74, 6) is 0. The molecule has 0 bridgehead atoms. The van der Waals surface area contributed by atoms with Crippen LogP contribution >= 0.6 is 11.3 Å². The molecule has 74 valence electrons. The molecule has 0 unspecified atom stereocenters. The molecule has 2 rings (SSSR count). The average molecular weight is 206 g/mol. The molecule has 14 heavy (non-hydrogen) atoms. The third-order valence-electron chi connectivity index (χ3n) is 1.56. The number of aromatic nitrogens is 2. The van der Waals surface area contributed by atoms with Crippen LogP contribution in [0.25, 0.3) is 10.6 Å². The zero-order chi connectivity index (χ0) is 10.4. The predicted octanol–water partition coefficient (Wildman–Crippen LogP) is 3.54. The van der Waals surface area contributed by atoms with Gasteiger partial charge < -0.3 is 0 Å². The Hall–Kier alpha value is -1.22. The first-order valence-electron chi connectivity index (χ1n) is 4.69. The molecule has 0 N–H and O–H groups in total. The van der Waals surface area contributed by atoms with Crippen LogP contribution in [0.15, 0.2) is 30.7 Å². The molecule has 0 amide bonds. The van der Waals surface area contributed by atoms with E-state index >= 15 is 0 Å². The summed E-state index contributed by atoms with van der Waals surface area (Å²) in [6, 6.07) is 4.17. The van der Waals surface area contributed by atoms with Gasteiger partial charge in [0.25, 0.3) is 0 Å². The third kappa shape index (κ3) is 2.64. The van der Waals surface area contributed by atoms with Crippen LogP contribution in [0.4, 0.5) is 0 Å². The zero-order valence-electron chi connectivity index (χ0n) is 8.69. The number of hydrogen-bond donors (Lipinski definition) is 0. The fourth-order valence-electron chi connectivity index (χ4n) is 0.999. The van der Waals surface area contributed by atoms with Crippen molar-refractivity contribution in [3.8, 4) is 10.6 Å².